The van der Waals surface area contributed by atoms with Gasteiger partial charge in [-0.05, 0) is 37.3 Å². The Kier molecular flexibility index (Phi) is 4.82. The van der Waals surface area contributed by atoms with Crippen molar-refractivity contribution in [1.29, 1.82) is 0 Å². The van der Waals surface area contributed by atoms with Crippen LogP contribution in [0.5, 0.6) is 5.75 Å². The molecule has 1 aliphatic carbocycles. The van der Waals surface area contributed by atoms with Gasteiger partial charge in [-0.25, -0.2) is 9.50 Å². The molecule has 0 spiro atoms. The van der Waals surface area contributed by atoms with E-state index >= 15 is 0 Å². The fourth-order valence-corrected chi connectivity index (χ4v) is 4.46. The average molecular weight is 420 g/mol. The first-order valence-corrected chi connectivity index (χ1v) is 10.4. The molecule has 9 heteroatoms. The summed E-state index contributed by atoms with van der Waals surface area (Å²) in [5.74, 6) is 0.501. The SMILES string of the molecule is COc1cc2nn([C@H]3CC[C@@H](O)C[C@@H]3C)cc2cc1C(=O)Nc1cnn2cnccc12. The molecule has 3 aromatic heterocycles. The monoisotopic (exact) mass is 420 g/mol. The van der Waals surface area contributed by atoms with Crippen molar-refractivity contribution in [2.75, 3.05) is 12.4 Å². The lowest BCUT2D eigenvalue weighted by atomic mass is 9.84. The zero-order valence-electron chi connectivity index (χ0n) is 17.4. The molecular weight excluding hydrogens is 396 g/mol. The first kappa shape index (κ1) is 19.5. The lowest BCUT2D eigenvalue weighted by Gasteiger charge is -2.31. The first-order chi connectivity index (χ1) is 15.0. The van der Waals surface area contributed by atoms with Crippen LogP contribution in [0.1, 0.15) is 42.6 Å². The van der Waals surface area contributed by atoms with Crippen molar-refractivity contribution in [1.82, 2.24) is 24.4 Å². The van der Waals surface area contributed by atoms with Gasteiger partial charge in [-0.1, -0.05) is 6.92 Å². The smallest absolute Gasteiger partial charge is 0.259 e. The maximum atomic E-state index is 13.1. The number of nitrogens with one attached hydrogen (secondary N) is 1. The van der Waals surface area contributed by atoms with Crippen LogP contribution in [0.2, 0.25) is 0 Å². The number of amides is 1. The van der Waals surface area contributed by atoms with E-state index < -0.39 is 0 Å². The van der Waals surface area contributed by atoms with Gasteiger partial charge < -0.3 is 15.2 Å². The lowest BCUT2D eigenvalue weighted by molar-refractivity contribution is 0.0750. The van der Waals surface area contributed by atoms with E-state index in [1.165, 1.54) is 0 Å². The zero-order valence-corrected chi connectivity index (χ0v) is 17.4. The number of aliphatic hydroxyl groups is 1. The molecule has 0 radical (unpaired) electrons. The maximum absolute atomic E-state index is 13.1. The fraction of sp³-hybridized carbons (Fsp3) is 0.364. The molecule has 4 aromatic rings. The van der Waals surface area contributed by atoms with Crippen LogP contribution in [-0.2, 0) is 0 Å². The summed E-state index contributed by atoms with van der Waals surface area (Å²) < 4.78 is 9.07. The third-order valence-electron chi connectivity index (χ3n) is 6.10. The number of methoxy groups -OCH3 is 1. The number of nitrogens with zero attached hydrogens (tertiary/aromatic N) is 5. The van der Waals surface area contributed by atoms with Crippen LogP contribution in [0.15, 0.2) is 43.1 Å². The first-order valence-electron chi connectivity index (χ1n) is 10.4. The van der Waals surface area contributed by atoms with Crippen LogP contribution >= 0.6 is 0 Å². The number of hydrogen-bond donors (Lipinski definition) is 2. The number of carbonyl (C=O) groups is 1. The van der Waals surface area contributed by atoms with Crippen LogP contribution in [0.3, 0.4) is 0 Å². The number of carbonyl (C=O) groups excluding carboxylic acids is 1. The highest BCUT2D eigenvalue weighted by atomic mass is 16.5. The third-order valence-corrected chi connectivity index (χ3v) is 6.10. The van der Waals surface area contributed by atoms with E-state index in [-0.39, 0.29) is 18.1 Å². The summed E-state index contributed by atoms with van der Waals surface area (Å²) in [5.41, 5.74) is 2.55. The number of hydrogen-bond acceptors (Lipinski definition) is 6. The third kappa shape index (κ3) is 3.50. The van der Waals surface area contributed by atoms with E-state index in [1.54, 1.807) is 42.5 Å². The van der Waals surface area contributed by atoms with Gasteiger partial charge in [-0.3, -0.25) is 9.48 Å². The van der Waals surface area contributed by atoms with Crippen molar-refractivity contribution in [3.63, 3.8) is 0 Å². The summed E-state index contributed by atoms with van der Waals surface area (Å²) in [6.07, 6.45) is 9.00. The molecule has 3 heterocycles. The summed E-state index contributed by atoms with van der Waals surface area (Å²) in [7, 11) is 1.54. The molecule has 1 saturated carbocycles. The van der Waals surface area contributed by atoms with Gasteiger partial charge in [-0.2, -0.15) is 10.2 Å². The highest BCUT2D eigenvalue weighted by Crippen LogP contribution is 2.35. The van der Waals surface area contributed by atoms with E-state index in [2.05, 4.69) is 22.3 Å². The molecule has 1 fully saturated rings. The molecular formula is C22H24N6O3. The van der Waals surface area contributed by atoms with Crippen molar-refractivity contribution in [3.8, 4) is 5.75 Å². The minimum absolute atomic E-state index is 0.228. The highest BCUT2D eigenvalue weighted by Gasteiger charge is 2.28. The second kappa shape index (κ2) is 7.66. The van der Waals surface area contributed by atoms with E-state index in [4.69, 9.17) is 9.84 Å². The summed E-state index contributed by atoms with van der Waals surface area (Å²) in [4.78, 5) is 17.1. The Balaban J connectivity index is 1.47. The van der Waals surface area contributed by atoms with Gasteiger partial charge in [-0.15, -0.1) is 0 Å². The van der Waals surface area contributed by atoms with Crippen LogP contribution in [0.4, 0.5) is 5.69 Å². The van der Waals surface area contributed by atoms with Gasteiger partial charge in [0, 0.05) is 23.8 Å². The molecule has 2 N–H and O–H groups in total. The molecule has 160 valence electrons. The molecule has 9 nitrogen and oxygen atoms in total. The Hall–Kier alpha value is -3.46. The van der Waals surface area contributed by atoms with Crippen LogP contribution in [0, 0.1) is 5.92 Å². The van der Waals surface area contributed by atoms with Crippen molar-refractivity contribution >= 4 is 28.0 Å². The maximum Gasteiger partial charge on any atom is 0.259 e. The quantitative estimate of drug-likeness (QED) is 0.526. The minimum atomic E-state index is -0.285. The summed E-state index contributed by atoms with van der Waals surface area (Å²) >= 11 is 0. The molecule has 0 aliphatic heterocycles. The van der Waals surface area contributed by atoms with Gasteiger partial charge in [0.1, 0.15) is 12.1 Å². The van der Waals surface area contributed by atoms with Crippen molar-refractivity contribution in [3.05, 3.63) is 48.7 Å². The molecule has 1 amide bonds. The molecule has 1 aliphatic rings. The largest absolute Gasteiger partial charge is 0.496 e. The molecule has 5 rings (SSSR count). The van der Waals surface area contributed by atoms with E-state index in [0.29, 0.717) is 22.9 Å². The molecule has 0 unspecified atom stereocenters. The van der Waals surface area contributed by atoms with Gasteiger partial charge >= 0.3 is 0 Å². The summed E-state index contributed by atoms with van der Waals surface area (Å²) in [6.45, 7) is 2.14. The van der Waals surface area contributed by atoms with Gasteiger partial charge in [0.05, 0.1) is 47.7 Å². The van der Waals surface area contributed by atoms with Crippen LogP contribution in [0.25, 0.3) is 16.4 Å². The van der Waals surface area contributed by atoms with Crippen molar-refractivity contribution in [2.45, 2.75) is 38.3 Å². The van der Waals surface area contributed by atoms with E-state index in [0.717, 1.165) is 35.7 Å². The standard InChI is InChI=1S/C22H24N6O3/c1-13-7-15(29)3-4-19(13)27-11-14-8-16(21(31-2)9-17(14)26-27)22(30)25-18-10-24-28-12-23-6-5-20(18)28/h5-6,8-13,15,19,29H,3-4,7H2,1-2H3,(H,25,30)/t13-,15+,19-/m0/s1. The topological polar surface area (TPSA) is 107 Å². The molecule has 3 atom stereocenters. The average Bonchev–Trinajstić information content (AvgIpc) is 3.36. The second-order valence-electron chi connectivity index (χ2n) is 8.15. The Bertz CT molecular complexity index is 1260. The number of benzene rings is 1. The Morgan fingerprint density at radius 1 is 1.32 bits per heavy atom. The molecule has 0 bridgehead atoms. The van der Waals surface area contributed by atoms with Gasteiger partial charge in [0.15, 0.2) is 0 Å². The zero-order chi connectivity index (χ0) is 21.5. The molecule has 31 heavy (non-hydrogen) atoms. The Morgan fingerprint density at radius 3 is 3.00 bits per heavy atom. The molecule has 1 aromatic carbocycles. The number of fused-ring (bicyclic) bond motifs is 2. The van der Waals surface area contributed by atoms with Crippen molar-refractivity contribution in [2.24, 2.45) is 5.92 Å². The predicted molar refractivity (Wildman–Crippen MR) is 115 cm³/mol. The van der Waals surface area contributed by atoms with E-state index in [1.807, 2.05) is 16.9 Å². The summed E-state index contributed by atoms with van der Waals surface area (Å²) in [5, 5.41) is 22.7. The molecule has 0 saturated heterocycles. The van der Waals surface area contributed by atoms with Crippen molar-refractivity contribution < 1.29 is 14.6 Å². The number of aromatic nitrogens is 5. The van der Waals surface area contributed by atoms with Gasteiger partial charge in [0.2, 0.25) is 0 Å². The van der Waals surface area contributed by atoms with Crippen LogP contribution < -0.4 is 10.1 Å². The Labute approximate surface area is 178 Å². The van der Waals surface area contributed by atoms with Crippen LogP contribution in [-0.4, -0.2) is 48.6 Å². The highest BCUT2D eigenvalue weighted by molar-refractivity contribution is 6.09. The predicted octanol–water partition coefficient (Wildman–Crippen LogP) is 3.06. The Morgan fingerprint density at radius 2 is 2.19 bits per heavy atom. The number of aliphatic hydroxyl groups excluding tert-OH is 1. The number of anilines is 1. The lowest BCUT2D eigenvalue weighted by Crippen LogP contribution is -2.28. The normalized spacial score (nSPS) is 21.5. The number of ether oxygens (including phenoxy) is 1. The fourth-order valence-electron chi connectivity index (χ4n) is 4.46. The summed E-state index contributed by atoms with van der Waals surface area (Å²) in [6, 6.07) is 5.62. The van der Waals surface area contributed by atoms with E-state index in [9.17, 15) is 9.90 Å². The van der Waals surface area contributed by atoms with Gasteiger partial charge in [0.25, 0.3) is 5.91 Å². The minimum Gasteiger partial charge on any atom is -0.496 e. The second-order valence-corrected chi connectivity index (χ2v) is 8.15. The number of rotatable bonds is 4.